The van der Waals surface area contributed by atoms with Gasteiger partial charge in [0.1, 0.15) is 0 Å². The number of aromatic nitrogens is 3. The van der Waals surface area contributed by atoms with E-state index in [1.54, 1.807) is 49.6 Å². The van der Waals surface area contributed by atoms with E-state index in [1.165, 1.54) is 4.57 Å². The van der Waals surface area contributed by atoms with E-state index in [2.05, 4.69) is 21.4 Å². The maximum absolute atomic E-state index is 12.6. The number of carbonyl (C=O) groups is 1. The Morgan fingerprint density at radius 2 is 2.00 bits per heavy atom. The van der Waals surface area contributed by atoms with Crippen molar-refractivity contribution in [3.63, 3.8) is 0 Å². The number of nitrogens with zero attached hydrogens (tertiary/aromatic N) is 3. The average Bonchev–Trinajstić information content (AvgIpc) is 3.05. The Hall–Kier alpha value is -4.18. The van der Waals surface area contributed by atoms with Gasteiger partial charge in [-0.1, -0.05) is 24.3 Å². The van der Waals surface area contributed by atoms with Crippen molar-refractivity contribution in [3.8, 4) is 17.2 Å². The first-order chi connectivity index (χ1) is 14.0. The molecule has 0 bridgehead atoms. The number of benzene rings is 2. The number of pyridine rings is 1. The lowest BCUT2D eigenvalue weighted by molar-refractivity contribution is 0.0951. The van der Waals surface area contributed by atoms with Crippen LogP contribution in [0.4, 0.5) is 0 Å². The Labute approximate surface area is 166 Å². The van der Waals surface area contributed by atoms with E-state index < -0.39 is 0 Å². The number of aromatic amines is 1. The molecule has 2 aromatic heterocycles. The van der Waals surface area contributed by atoms with Gasteiger partial charge in [-0.05, 0) is 41.5 Å². The Bertz CT molecular complexity index is 1330. The second-order valence-corrected chi connectivity index (χ2v) is 6.66. The van der Waals surface area contributed by atoms with Crippen molar-refractivity contribution >= 4 is 17.1 Å². The monoisotopic (exact) mass is 383 g/mol. The summed E-state index contributed by atoms with van der Waals surface area (Å²) >= 11 is 0. The molecule has 0 aliphatic carbocycles. The van der Waals surface area contributed by atoms with E-state index in [1.807, 2.05) is 18.2 Å². The zero-order valence-corrected chi connectivity index (χ0v) is 15.6. The molecule has 0 unspecified atom stereocenters. The lowest BCUT2D eigenvalue weighted by Gasteiger charge is -2.08. The molecule has 2 heterocycles. The fourth-order valence-electron chi connectivity index (χ4n) is 3.13. The maximum Gasteiger partial charge on any atom is 0.327 e. The summed E-state index contributed by atoms with van der Waals surface area (Å²) < 4.78 is 1.50. The Morgan fingerprint density at radius 1 is 1.17 bits per heavy atom. The van der Waals surface area contributed by atoms with Crippen LogP contribution in [0.1, 0.15) is 21.5 Å². The molecular weight excluding hydrogens is 366 g/mol. The number of aryl methyl sites for hydroxylation is 1. The van der Waals surface area contributed by atoms with E-state index in [0.717, 1.165) is 16.7 Å². The van der Waals surface area contributed by atoms with Crippen LogP contribution in [0.2, 0.25) is 0 Å². The van der Waals surface area contributed by atoms with E-state index in [0.29, 0.717) is 28.8 Å². The number of hydrogen-bond acceptors (Lipinski definition) is 4. The van der Waals surface area contributed by atoms with Crippen LogP contribution in [0, 0.1) is 11.3 Å². The molecule has 4 rings (SSSR count). The van der Waals surface area contributed by atoms with Gasteiger partial charge in [0.05, 0.1) is 17.1 Å². The van der Waals surface area contributed by atoms with Crippen LogP contribution in [0.15, 0.2) is 65.6 Å². The van der Waals surface area contributed by atoms with Crippen LogP contribution in [-0.4, -0.2) is 20.4 Å². The molecule has 7 nitrogen and oxygen atoms in total. The van der Waals surface area contributed by atoms with Gasteiger partial charge in [-0.2, -0.15) is 5.26 Å². The number of nitriles is 1. The van der Waals surface area contributed by atoms with E-state index in [-0.39, 0.29) is 11.6 Å². The number of carbonyl (C=O) groups excluding carboxylic acids is 1. The van der Waals surface area contributed by atoms with Gasteiger partial charge in [0.2, 0.25) is 0 Å². The zero-order chi connectivity index (χ0) is 20.4. The molecule has 0 atom stereocenters. The molecule has 0 aliphatic rings. The molecule has 7 heteroatoms. The smallest absolute Gasteiger partial charge is 0.327 e. The summed E-state index contributed by atoms with van der Waals surface area (Å²) in [5.41, 5.74) is 4.56. The highest BCUT2D eigenvalue weighted by Gasteiger charge is 2.10. The highest BCUT2D eigenvalue weighted by molar-refractivity contribution is 5.95. The Balaban J connectivity index is 1.56. The van der Waals surface area contributed by atoms with Crippen LogP contribution >= 0.6 is 0 Å². The van der Waals surface area contributed by atoms with Gasteiger partial charge in [0.15, 0.2) is 5.65 Å². The zero-order valence-electron chi connectivity index (χ0n) is 15.6. The van der Waals surface area contributed by atoms with Gasteiger partial charge in [0, 0.05) is 30.9 Å². The highest BCUT2D eigenvalue weighted by Crippen LogP contribution is 2.22. The molecule has 2 N–H and O–H groups in total. The average molecular weight is 383 g/mol. The maximum atomic E-state index is 12.6. The Kier molecular flexibility index (Phi) is 4.67. The molecule has 4 aromatic rings. The minimum absolute atomic E-state index is 0.211. The topological polar surface area (TPSA) is 104 Å². The van der Waals surface area contributed by atoms with Gasteiger partial charge >= 0.3 is 5.69 Å². The number of rotatable bonds is 4. The first-order valence-electron chi connectivity index (χ1n) is 8.97. The number of hydrogen-bond donors (Lipinski definition) is 2. The van der Waals surface area contributed by atoms with Crippen molar-refractivity contribution < 1.29 is 4.79 Å². The molecular formula is C22H17N5O2. The van der Waals surface area contributed by atoms with Crippen molar-refractivity contribution in [1.29, 1.82) is 5.26 Å². The van der Waals surface area contributed by atoms with Crippen LogP contribution in [0.5, 0.6) is 0 Å². The van der Waals surface area contributed by atoms with Crippen LogP contribution in [0.3, 0.4) is 0 Å². The fraction of sp³-hybridized carbons (Fsp3) is 0.0909. The number of amides is 1. The van der Waals surface area contributed by atoms with Gasteiger partial charge < -0.3 is 5.32 Å². The summed E-state index contributed by atoms with van der Waals surface area (Å²) in [5, 5.41) is 11.9. The summed E-state index contributed by atoms with van der Waals surface area (Å²) in [6.07, 6.45) is 1.67. The van der Waals surface area contributed by atoms with Crippen molar-refractivity contribution in [2.75, 3.05) is 0 Å². The molecule has 0 aliphatic heterocycles. The molecule has 29 heavy (non-hydrogen) atoms. The normalized spacial score (nSPS) is 10.6. The third-order valence-electron chi connectivity index (χ3n) is 4.73. The number of H-pyrrole nitrogens is 1. The molecule has 2 aromatic carbocycles. The van der Waals surface area contributed by atoms with Crippen molar-refractivity contribution in [2.45, 2.75) is 6.54 Å². The third-order valence-corrected chi connectivity index (χ3v) is 4.73. The summed E-state index contributed by atoms with van der Waals surface area (Å²) in [4.78, 5) is 31.3. The van der Waals surface area contributed by atoms with Gasteiger partial charge in [-0.25, -0.2) is 9.78 Å². The number of nitrogens with one attached hydrogen (secondary N) is 2. The van der Waals surface area contributed by atoms with Gasteiger partial charge in [0.25, 0.3) is 5.91 Å². The second-order valence-electron chi connectivity index (χ2n) is 6.66. The minimum Gasteiger partial charge on any atom is -0.348 e. The predicted molar refractivity (Wildman–Crippen MR) is 109 cm³/mol. The third kappa shape index (κ3) is 3.64. The van der Waals surface area contributed by atoms with Crippen molar-refractivity contribution in [2.24, 2.45) is 7.05 Å². The molecule has 0 fully saturated rings. The summed E-state index contributed by atoms with van der Waals surface area (Å²) in [7, 11) is 1.68. The SMILES string of the molecule is Cn1c(=O)[nH]c2ncc(-c3cccc(C(=O)NCc4cccc(C#N)c4)c3)cc21. The van der Waals surface area contributed by atoms with Crippen molar-refractivity contribution in [1.82, 2.24) is 19.9 Å². The summed E-state index contributed by atoms with van der Waals surface area (Å²) in [6.45, 7) is 0.331. The molecule has 0 saturated carbocycles. The van der Waals surface area contributed by atoms with Crippen LogP contribution in [-0.2, 0) is 13.6 Å². The second kappa shape index (κ2) is 7.44. The van der Waals surface area contributed by atoms with Crippen LogP contribution in [0.25, 0.3) is 22.3 Å². The summed E-state index contributed by atoms with van der Waals surface area (Å²) in [5.74, 6) is -0.211. The van der Waals surface area contributed by atoms with E-state index in [4.69, 9.17) is 5.26 Å². The first-order valence-corrected chi connectivity index (χ1v) is 8.97. The molecule has 1 amide bonds. The first kappa shape index (κ1) is 18.2. The predicted octanol–water partition coefficient (Wildman–Crippen LogP) is 2.73. The largest absolute Gasteiger partial charge is 0.348 e. The van der Waals surface area contributed by atoms with E-state index >= 15 is 0 Å². The van der Waals surface area contributed by atoms with Crippen LogP contribution < -0.4 is 11.0 Å². The lowest BCUT2D eigenvalue weighted by atomic mass is 10.0. The molecule has 0 saturated heterocycles. The number of fused-ring (bicyclic) bond motifs is 1. The van der Waals surface area contributed by atoms with E-state index in [9.17, 15) is 9.59 Å². The number of imidazole rings is 1. The quantitative estimate of drug-likeness (QED) is 0.565. The Morgan fingerprint density at radius 3 is 2.83 bits per heavy atom. The highest BCUT2D eigenvalue weighted by atomic mass is 16.2. The van der Waals surface area contributed by atoms with Crippen molar-refractivity contribution in [3.05, 3.63) is 88.0 Å². The lowest BCUT2D eigenvalue weighted by Crippen LogP contribution is -2.22. The van der Waals surface area contributed by atoms with Gasteiger partial charge in [-0.3, -0.25) is 14.3 Å². The molecule has 0 spiro atoms. The molecule has 142 valence electrons. The summed E-state index contributed by atoms with van der Waals surface area (Å²) in [6, 6.07) is 18.3. The standard InChI is InChI=1S/C22H17N5O2/c1-27-19-10-18(13-24-20(19)26-22(27)29)16-6-3-7-17(9-16)21(28)25-12-15-5-2-4-14(8-15)11-23/h2-10,13H,12H2,1H3,(H,25,28)(H,24,26,29). The van der Waals surface area contributed by atoms with Gasteiger partial charge in [-0.15, -0.1) is 0 Å². The minimum atomic E-state index is -0.224. The fourth-order valence-corrected chi connectivity index (χ4v) is 3.13. The molecule has 0 radical (unpaired) electrons.